The molecule has 3 aromatic rings. The van der Waals surface area contributed by atoms with E-state index in [0.29, 0.717) is 17.5 Å². The van der Waals surface area contributed by atoms with Crippen LogP contribution >= 0.6 is 0 Å². The number of carbonyl (C=O) groups is 2. The molecule has 4 N–H and O–H groups in total. The molecule has 0 bridgehead atoms. The van der Waals surface area contributed by atoms with Crippen LogP contribution in [0, 0.1) is 0 Å². The Labute approximate surface area is 162 Å². The van der Waals surface area contributed by atoms with E-state index >= 15 is 0 Å². The minimum absolute atomic E-state index is 0.116. The van der Waals surface area contributed by atoms with E-state index in [-0.39, 0.29) is 11.8 Å². The average Bonchev–Trinajstić information content (AvgIpc) is 2.63. The predicted molar refractivity (Wildman–Crippen MR) is 110 cm³/mol. The third-order valence-corrected chi connectivity index (χ3v) is 3.57. The zero-order chi connectivity index (χ0) is 19.9. The van der Waals surface area contributed by atoms with Gasteiger partial charge >= 0.3 is 0 Å². The van der Waals surface area contributed by atoms with Gasteiger partial charge in [0.1, 0.15) is 5.82 Å². The fourth-order valence-electron chi connectivity index (χ4n) is 2.48. The lowest BCUT2D eigenvalue weighted by atomic mass is 10.2. The molecule has 0 aliphatic carbocycles. The molecule has 2 amide bonds. The highest BCUT2D eigenvalue weighted by atomic mass is 16.2. The van der Waals surface area contributed by atoms with Crippen LogP contribution in [0.5, 0.6) is 0 Å². The van der Waals surface area contributed by atoms with Crippen LogP contribution in [0.3, 0.4) is 0 Å². The number of carbonyl (C=O) groups excluding carboxylic acids is 2. The van der Waals surface area contributed by atoms with Crippen LogP contribution in [0.25, 0.3) is 0 Å². The Morgan fingerprint density at radius 2 is 1.39 bits per heavy atom. The molecule has 0 saturated heterocycles. The Morgan fingerprint density at radius 3 is 2.11 bits per heavy atom. The van der Waals surface area contributed by atoms with Crippen molar-refractivity contribution in [1.82, 2.24) is 9.97 Å². The van der Waals surface area contributed by atoms with E-state index < -0.39 is 0 Å². The number of rotatable bonds is 6. The van der Waals surface area contributed by atoms with Crippen LogP contribution in [0.15, 0.2) is 60.8 Å². The summed E-state index contributed by atoms with van der Waals surface area (Å²) in [7, 11) is 0. The van der Waals surface area contributed by atoms with Crippen molar-refractivity contribution in [1.29, 1.82) is 0 Å². The molecule has 1 heterocycles. The van der Waals surface area contributed by atoms with Crippen LogP contribution < -0.4 is 21.3 Å². The molecule has 0 radical (unpaired) electrons. The van der Waals surface area contributed by atoms with Gasteiger partial charge in [0.2, 0.25) is 17.8 Å². The van der Waals surface area contributed by atoms with Gasteiger partial charge < -0.3 is 21.3 Å². The standard InChI is InChI=1S/C20H20N6O2/c1-13(27)22-15-6-8-16(9-7-15)24-19-10-11-21-20(26-19)25-18-5-3-4-17(12-18)23-14(2)28/h3-12H,1-2H3,(H,22,27)(H,23,28)(H2,21,24,25,26). The Morgan fingerprint density at radius 1 is 0.750 bits per heavy atom. The number of hydrogen-bond donors (Lipinski definition) is 4. The third kappa shape index (κ3) is 5.53. The zero-order valence-electron chi connectivity index (χ0n) is 15.5. The van der Waals surface area contributed by atoms with Crippen molar-refractivity contribution >= 4 is 46.3 Å². The van der Waals surface area contributed by atoms with Gasteiger partial charge in [-0.1, -0.05) is 6.07 Å². The molecule has 0 fully saturated rings. The van der Waals surface area contributed by atoms with Crippen molar-refractivity contribution in [2.24, 2.45) is 0 Å². The summed E-state index contributed by atoms with van der Waals surface area (Å²) >= 11 is 0. The maximum atomic E-state index is 11.2. The summed E-state index contributed by atoms with van der Waals surface area (Å²) in [6, 6.07) is 16.3. The topological polar surface area (TPSA) is 108 Å². The highest BCUT2D eigenvalue weighted by Gasteiger charge is 2.03. The molecule has 28 heavy (non-hydrogen) atoms. The van der Waals surface area contributed by atoms with E-state index in [1.165, 1.54) is 13.8 Å². The molecule has 0 unspecified atom stereocenters. The zero-order valence-corrected chi connectivity index (χ0v) is 15.5. The molecule has 0 aliphatic heterocycles. The van der Waals surface area contributed by atoms with Crippen LogP contribution in [0.1, 0.15) is 13.8 Å². The molecule has 3 rings (SSSR count). The quantitative estimate of drug-likeness (QED) is 0.520. The van der Waals surface area contributed by atoms with Crippen LogP contribution in [0.4, 0.5) is 34.5 Å². The molecule has 0 atom stereocenters. The number of hydrogen-bond acceptors (Lipinski definition) is 6. The third-order valence-electron chi connectivity index (χ3n) is 3.57. The maximum Gasteiger partial charge on any atom is 0.229 e. The lowest BCUT2D eigenvalue weighted by Gasteiger charge is -2.10. The largest absolute Gasteiger partial charge is 0.340 e. The smallest absolute Gasteiger partial charge is 0.229 e. The Balaban J connectivity index is 1.69. The van der Waals surface area contributed by atoms with Gasteiger partial charge in [0.25, 0.3) is 0 Å². The van der Waals surface area contributed by atoms with Gasteiger partial charge in [-0.3, -0.25) is 9.59 Å². The molecule has 2 aromatic carbocycles. The number of nitrogens with one attached hydrogen (secondary N) is 4. The van der Waals surface area contributed by atoms with Crippen LogP contribution in [0.2, 0.25) is 0 Å². The summed E-state index contributed by atoms with van der Waals surface area (Å²) in [5.41, 5.74) is 2.99. The van der Waals surface area contributed by atoms with Gasteiger partial charge in [-0.2, -0.15) is 4.98 Å². The van der Waals surface area contributed by atoms with Gasteiger partial charge in [0, 0.05) is 42.8 Å². The summed E-state index contributed by atoms with van der Waals surface area (Å²) < 4.78 is 0. The van der Waals surface area contributed by atoms with E-state index in [9.17, 15) is 9.59 Å². The van der Waals surface area contributed by atoms with Gasteiger partial charge in [0.05, 0.1) is 0 Å². The maximum absolute atomic E-state index is 11.2. The molecule has 8 nitrogen and oxygen atoms in total. The predicted octanol–water partition coefficient (Wildman–Crippen LogP) is 3.88. The summed E-state index contributed by atoms with van der Waals surface area (Å²) in [6.07, 6.45) is 1.64. The Kier molecular flexibility index (Phi) is 5.81. The van der Waals surface area contributed by atoms with Gasteiger partial charge in [-0.25, -0.2) is 4.98 Å². The van der Waals surface area contributed by atoms with Crippen LogP contribution in [-0.4, -0.2) is 21.8 Å². The first-order valence-corrected chi connectivity index (χ1v) is 8.60. The first-order chi connectivity index (χ1) is 13.5. The molecular weight excluding hydrogens is 356 g/mol. The highest BCUT2D eigenvalue weighted by Crippen LogP contribution is 2.21. The van der Waals surface area contributed by atoms with E-state index in [1.54, 1.807) is 36.5 Å². The molecule has 0 saturated carbocycles. The summed E-state index contributed by atoms with van der Waals surface area (Å²) in [6.45, 7) is 2.93. The Bertz CT molecular complexity index is 988. The summed E-state index contributed by atoms with van der Waals surface area (Å²) in [5.74, 6) is 0.779. The van der Waals surface area contributed by atoms with Gasteiger partial charge in [0.15, 0.2) is 0 Å². The molecule has 0 spiro atoms. The molecule has 8 heteroatoms. The minimum Gasteiger partial charge on any atom is -0.340 e. The van der Waals surface area contributed by atoms with Crippen molar-refractivity contribution in [2.45, 2.75) is 13.8 Å². The van der Waals surface area contributed by atoms with Crippen LogP contribution in [-0.2, 0) is 9.59 Å². The monoisotopic (exact) mass is 376 g/mol. The lowest BCUT2D eigenvalue weighted by Crippen LogP contribution is -2.06. The van der Waals surface area contributed by atoms with Crippen molar-refractivity contribution in [3.63, 3.8) is 0 Å². The number of amides is 2. The van der Waals surface area contributed by atoms with Crippen molar-refractivity contribution in [3.05, 3.63) is 60.8 Å². The fourth-order valence-corrected chi connectivity index (χ4v) is 2.48. The number of aromatic nitrogens is 2. The van der Waals surface area contributed by atoms with E-state index in [2.05, 4.69) is 31.2 Å². The lowest BCUT2D eigenvalue weighted by molar-refractivity contribution is -0.115. The molecular formula is C20H20N6O2. The molecule has 1 aromatic heterocycles. The van der Waals surface area contributed by atoms with Gasteiger partial charge in [-0.15, -0.1) is 0 Å². The highest BCUT2D eigenvalue weighted by molar-refractivity contribution is 5.89. The number of anilines is 6. The first-order valence-electron chi connectivity index (χ1n) is 8.60. The second kappa shape index (κ2) is 8.63. The number of benzene rings is 2. The van der Waals surface area contributed by atoms with E-state index in [1.807, 2.05) is 24.3 Å². The van der Waals surface area contributed by atoms with E-state index in [0.717, 1.165) is 17.1 Å². The summed E-state index contributed by atoms with van der Waals surface area (Å²) in [5, 5.41) is 11.8. The number of nitrogens with zero attached hydrogens (tertiary/aromatic N) is 2. The fraction of sp³-hybridized carbons (Fsp3) is 0.100. The SMILES string of the molecule is CC(=O)Nc1ccc(Nc2ccnc(Nc3cccc(NC(C)=O)c3)n2)cc1. The average molecular weight is 376 g/mol. The Hall–Kier alpha value is -3.94. The van der Waals surface area contributed by atoms with E-state index in [4.69, 9.17) is 0 Å². The first kappa shape index (κ1) is 18.8. The van der Waals surface area contributed by atoms with Crippen molar-refractivity contribution in [2.75, 3.05) is 21.3 Å². The second-order valence-electron chi connectivity index (χ2n) is 6.04. The summed E-state index contributed by atoms with van der Waals surface area (Å²) in [4.78, 5) is 30.9. The normalized spacial score (nSPS) is 10.1. The molecule has 0 aliphatic rings. The van der Waals surface area contributed by atoms with Crippen molar-refractivity contribution < 1.29 is 9.59 Å². The second-order valence-corrected chi connectivity index (χ2v) is 6.04. The van der Waals surface area contributed by atoms with Gasteiger partial charge in [-0.05, 0) is 48.5 Å². The van der Waals surface area contributed by atoms with Crippen molar-refractivity contribution in [3.8, 4) is 0 Å². The minimum atomic E-state index is -0.135. The molecule has 142 valence electrons.